The van der Waals surface area contributed by atoms with Crippen molar-refractivity contribution < 1.29 is 9.53 Å². The van der Waals surface area contributed by atoms with Crippen LogP contribution in [0, 0.1) is 0 Å². The van der Waals surface area contributed by atoms with Gasteiger partial charge in [0.2, 0.25) is 0 Å². The molecule has 4 heteroatoms. The van der Waals surface area contributed by atoms with Gasteiger partial charge in [0.05, 0.1) is 12.1 Å². The van der Waals surface area contributed by atoms with Gasteiger partial charge in [-0.15, -0.1) is 0 Å². The molecule has 0 radical (unpaired) electrons. The van der Waals surface area contributed by atoms with E-state index in [9.17, 15) is 4.79 Å². The summed E-state index contributed by atoms with van der Waals surface area (Å²) in [6, 6.07) is 5.22. The van der Waals surface area contributed by atoms with E-state index in [0.717, 1.165) is 19.6 Å². The van der Waals surface area contributed by atoms with Crippen molar-refractivity contribution in [2.24, 2.45) is 0 Å². The zero-order valence-corrected chi connectivity index (χ0v) is 12.1. The summed E-state index contributed by atoms with van der Waals surface area (Å²) >= 11 is 6.03. The lowest BCUT2D eigenvalue weighted by atomic mass is 10.1. The van der Waals surface area contributed by atoms with Crippen molar-refractivity contribution in [3.8, 4) is 5.75 Å². The zero-order chi connectivity index (χ0) is 13.7. The molecule has 0 N–H and O–H groups in total. The van der Waals surface area contributed by atoms with E-state index in [2.05, 4.69) is 4.90 Å². The average molecular weight is 282 g/mol. The smallest absolute Gasteiger partial charge is 0.164 e. The standard InChI is InChI=1S/C15H20ClNO2/c1-19-15-6-5-12(11-13(15)16)14(18)7-10-17-8-3-2-4-9-17/h5-6,11H,2-4,7-10H2,1H3. The van der Waals surface area contributed by atoms with Gasteiger partial charge in [0.25, 0.3) is 0 Å². The van der Waals surface area contributed by atoms with Gasteiger partial charge in [-0.2, -0.15) is 0 Å². The minimum Gasteiger partial charge on any atom is -0.495 e. The highest BCUT2D eigenvalue weighted by Gasteiger charge is 2.13. The maximum Gasteiger partial charge on any atom is 0.164 e. The number of likely N-dealkylation sites (tertiary alicyclic amines) is 1. The molecule has 0 aliphatic carbocycles. The monoisotopic (exact) mass is 281 g/mol. The molecule has 0 bridgehead atoms. The van der Waals surface area contributed by atoms with Crippen LogP contribution in [0.1, 0.15) is 36.0 Å². The minimum absolute atomic E-state index is 0.148. The average Bonchev–Trinajstić information content (AvgIpc) is 2.45. The summed E-state index contributed by atoms with van der Waals surface area (Å²) in [4.78, 5) is 14.5. The SMILES string of the molecule is COc1ccc(C(=O)CCN2CCCCC2)cc1Cl. The molecule has 0 spiro atoms. The number of benzene rings is 1. The van der Waals surface area contributed by atoms with Crippen LogP contribution >= 0.6 is 11.6 Å². The Kier molecular flexibility index (Phi) is 5.23. The highest BCUT2D eigenvalue weighted by Crippen LogP contribution is 2.25. The van der Waals surface area contributed by atoms with Crippen LogP contribution in [0.4, 0.5) is 0 Å². The van der Waals surface area contributed by atoms with Crippen molar-refractivity contribution in [1.82, 2.24) is 4.90 Å². The normalized spacial score (nSPS) is 16.3. The van der Waals surface area contributed by atoms with Crippen molar-refractivity contribution in [3.05, 3.63) is 28.8 Å². The van der Waals surface area contributed by atoms with Crippen LogP contribution < -0.4 is 4.74 Å². The maximum atomic E-state index is 12.1. The molecule has 0 aromatic heterocycles. The summed E-state index contributed by atoms with van der Waals surface area (Å²) < 4.78 is 5.08. The van der Waals surface area contributed by atoms with Crippen molar-refractivity contribution in [2.45, 2.75) is 25.7 Å². The Morgan fingerprint density at radius 1 is 1.32 bits per heavy atom. The first-order valence-corrected chi connectivity index (χ1v) is 7.17. The van der Waals surface area contributed by atoms with Crippen LogP contribution in [0.5, 0.6) is 5.75 Å². The molecule has 1 fully saturated rings. The molecule has 0 atom stereocenters. The van der Waals surface area contributed by atoms with Gasteiger partial charge in [-0.3, -0.25) is 4.79 Å². The molecule has 0 amide bonds. The summed E-state index contributed by atoms with van der Waals surface area (Å²) in [7, 11) is 1.57. The Labute approximate surface area is 119 Å². The summed E-state index contributed by atoms with van der Waals surface area (Å²) in [6.45, 7) is 3.09. The zero-order valence-electron chi connectivity index (χ0n) is 11.3. The predicted molar refractivity (Wildman–Crippen MR) is 77.2 cm³/mol. The van der Waals surface area contributed by atoms with Gasteiger partial charge in [0, 0.05) is 18.5 Å². The van der Waals surface area contributed by atoms with Crippen molar-refractivity contribution in [1.29, 1.82) is 0 Å². The summed E-state index contributed by atoms with van der Waals surface area (Å²) in [6.07, 6.45) is 4.38. The third-order valence-electron chi connectivity index (χ3n) is 3.58. The largest absolute Gasteiger partial charge is 0.495 e. The molecule has 2 rings (SSSR count). The van der Waals surface area contributed by atoms with Gasteiger partial charge in [-0.25, -0.2) is 0 Å². The van der Waals surface area contributed by atoms with E-state index in [0.29, 0.717) is 22.8 Å². The van der Waals surface area contributed by atoms with Crippen molar-refractivity contribution in [2.75, 3.05) is 26.7 Å². The summed E-state index contributed by atoms with van der Waals surface area (Å²) in [5.74, 6) is 0.754. The lowest BCUT2D eigenvalue weighted by molar-refractivity contribution is 0.0958. The highest BCUT2D eigenvalue weighted by molar-refractivity contribution is 6.32. The van der Waals surface area contributed by atoms with E-state index in [1.165, 1.54) is 19.3 Å². The van der Waals surface area contributed by atoms with Crippen LogP contribution in [0.15, 0.2) is 18.2 Å². The number of carbonyl (C=O) groups is 1. The fraction of sp³-hybridized carbons (Fsp3) is 0.533. The first-order chi connectivity index (χ1) is 9.20. The number of halogens is 1. The number of rotatable bonds is 5. The summed E-state index contributed by atoms with van der Waals surface area (Å²) in [5.41, 5.74) is 0.669. The molecule has 1 saturated heterocycles. The van der Waals surface area contributed by atoms with Gasteiger partial charge in [-0.05, 0) is 44.1 Å². The van der Waals surface area contributed by atoms with E-state index < -0.39 is 0 Å². The van der Waals surface area contributed by atoms with Crippen LogP contribution in [0.2, 0.25) is 5.02 Å². The van der Waals surface area contributed by atoms with Crippen molar-refractivity contribution in [3.63, 3.8) is 0 Å². The van der Waals surface area contributed by atoms with E-state index in [-0.39, 0.29) is 5.78 Å². The molecule has 19 heavy (non-hydrogen) atoms. The number of methoxy groups -OCH3 is 1. The van der Waals surface area contributed by atoms with Gasteiger partial charge in [0.1, 0.15) is 5.75 Å². The first-order valence-electron chi connectivity index (χ1n) is 6.80. The van der Waals surface area contributed by atoms with Crippen LogP contribution in [-0.2, 0) is 0 Å². The Morgan fingerprint density at radius 2 is 2.05 bits per heavy atom. The lowest BCUT2D eigenvalue weighted by Gasteiger charge is -2.25. The molecule has 1 aromatic rings. The Hall–Kier alpha value is -1.06. The van der Waals surface area contributed by atoms with E-state index in [4.69, 9.17) is 16.3 Å². The second kappa shape index (κ2) is 6.92. The van der Waals surface area contributed by atoms with Gasteiger partial charge >= 0.3 is 0 Å². The number of hydrogen-bond acceptors (Lipinski definition) is 3. The Balaban J connectivity index is 1.90. The number of piperidine rings is 1. The second-order valence-corrected chi connectivity index (χ2v) is 5.33. The summed E-state index contributed by atoms with van der Waals surface area (Å²) in [5, 5.41) is 0.492. The quantitative estimate of drug-likeness (QED) is 0.775. The van der Waals surface area contributed by atoms with Gasteiger partial charge in [0.15, 0.2) is 5.78 Å². The Bertz CT molecular complexity index is 442. The third kappa shape index (κ3) is 3.95. The fourth-order valence-corrected chi connectivity index (χ4v) is 2.68. The van der Waals surface area contributed by atoms with Crippen molar-refractivity contribution >= 4 is 17.4 Å². The number of carbonyl (C=O) groups excluding carboxylic acids is 1. The molecule has 1 aliphatic heterocycles. The molecule has 1 heterocycles. The first kappa shape index (κ1) is 14.4. The van der Waals surface area contributed by atoms with E-state index in [1.54, 1.807) is 25.3 Å². The molecule has 3 nitrogen and oxygen atoms in total. The van der Waals surface area contributed by atoms with Crippen LogP contribution in [0.25, 0.3) is 0 Å². The lowest BCUT2D eigenvalue weighted by Crippen LogP contribution is -2.31. The number of hydrogen-bond donors (Lipinski definition) is 0. The predicted octanol–water partition coefficient (Wildman–Crippen LogP) is 3.41. The second-order valence-electron chi connectivity index (χ2n) is 4.92. The topological polar surface area (TPSA) is 29.5 Å². The number of ketones is 1. The maximum absolute atomic E-state index is 12.1. The fourth-order valence-electron chi connectivity index (χ4n) is 2.43. The number of ether oxygens (including phenoxy) is 1. The Morgan fingerprint density at radius 3 is 2.68 bits per heavy atom. The van der Waals surface area contributed by atoms with Crippen LogP contribution in [-0.4, -0.2) is 37.4 Å². The van der Waals surface area contributed by atoms with E-state index >= 15 is 0 Å². The molecular formula is C15H20ClNO2. The molecule has 1 aromatic carbocycles. The molecule has 0 unspecified atom stereocenters. The van der Waals surface area contributed by atoms with Gasteiger partial charge < -0.3 is 9.64 Å². The van der Waals surface area contributed by atoms with E-state index in [1.807, 2.05) is 0 Å². The molecule has 0 saturated carbocycles. The van der Waals surface area contributed by atoms with Gasteiger partial charge in [-0.1, -0.05) is 18.0 Å². The van der Waals surface area contributed by atoms with Crippen LogP contribution in [0.3, 0.4) is 0 Å². The number of nitrogens with zero attached hydrogens (tertiary/aromatic N) is 1. The molecular weight excluding hydrogens is 262 g/mol. The number of Topliss-reactive ketones (excluding diaryl/α,β-unsaturated/α-hetero) is 1. The third-order valence-corrected chi connectivity index (χ3v) is 3.87. The molecule has 104 valence electrons. The highest BCUT2D eigenvalue weighted by atomic mass is 35.5. The molecule has 1 aliphatic rings. The minimum atomic E-state index is 0.148.